The third-order valence-corrected chi connectivity index (χ3v) is 5.87. The van der Waals surface area contributed by atoms with Gasteiger partial charge in [0.2, 0.25) is 21.8 Å². The summed E-state index contributed by atoms with van der Waals surface area (Å²) in [6.07, 6.45) is 3.08. The van der Waals surface area contributed by atoms with Gasteiger partial charge in [-0.05, 0) is 63.0 Å². The number of hydrogen-bond acceptors (Lipinski definition) is 6. The van der Waals surface area contributed by atoms with Crippen molar-refractivity contribution in [3.05, 3.63) is 24.3 Å². The average Bonchev–Trinajstić information content (AvgIpc) is 3.45. The Labute approximate surface area is 169 Å². The van der Waals surface area contributed by atoms with E-state index in [1.165, 1.54) is 24.3 Å². The predicted octanol–water partition coefficient (Wildman–Crippen LogP) is -0.0273. The van der Waals surface area contributed by atoms with Gasteiger partial charge in [0.25, 0.3) is 0 Å². The second-order valence-electron chi connectivity index (χ2n) is 7.40. The van der Waals surface area contributed by atoms with Crippen molar-refractivity contribution >= 4 is 33.6 Å². The fourth-order valence-corrected chi connectivity index (χ4v) is 3.66. The number of primary sulfonamides is 1. The van der Waals surface area contributed by atoms with Crippen molar-refractivity contribution < 1.29 is 22.8 Å². The van der Waals surface area contributed by atoms with Crippen molar-refractivity contribution in [1.82, 2.24) is 15.5 Å². The van der Waals surface area contributed by atoms with Crippen LogP contribution in [-0.4, -0.2) is 56.8 Å². The number of urea groups is 1. The molecule has 3 rings (SSSR count). The van der Waals surface area contributed by atoms with E-state index >= 15 is 0 Å². The molecule has 2 aliphatic rings. The Morgan fingerprint density at radius 3 is 2.21 bits per heavy atom. The van der Waals surface area contributed by atoms with Crippen LogP contribution < -0.4 is 21.1 Å². The maximum atomic E-state index is 12.4. The van der Waals surface area contributed by atoms with E-state index in [2.05, 4.69) is 16.0 Å². The van der Waals surface area contributed by atoms with Crippen molar-refractivity contribution in [2.75, 3.05) is 25.0 Å². The van der Waals surface area contributed by atoms with E-state index in [4.69, 9.17) is 5.14 Å². The quantitative estimate of drug-likeness (QED) is 0.505. The molecule has 1 saturated carbocycles. The number of amides is 4. The highest BCUT2D eigenvalue weighted by molar-refractivity contribution is 7.89. The summed E-state index contributed by atoms with van der Waals surface area (Å²) in [5.74, 6) is -0.715. The molecular formula is C18H25N5O5S. The third kappa shape index (κ3) is 6.51. The van der Waals surface area contributed by atoms with Gasteiger partial charge in [-0.3, -0.25) is 19.8 Å². The van der Waals surface area contributed by atoms with Gasteiger partial charge in [0.15, 0.2) is 0 Å². The second kappa shape index (κ2) is 8.89. The van der Waals surface area contributed by atoms with Crippen LogP contribution in [0.15, 0.2) is 29.2 Å². The number of nitrogens with one attached hydrogen (secondary N) is 3. The van der Waals surface area contributed by atoms with Gasteiger partial charge >= 0.3 is 6.03 Å². The number of piperidine rings is 1. The third-order valence-electron chi connectivity index (χ3n) is 4.94. The van der Waals surface area contributed by atoms with E-state index in [1.807, 2.05) is 4.90 Å². The van der Waals surface area contributed by atoms with Crippen LogP contribution in [0.1, 0.15) is 25.7 Å². The second-order valence-corrected chi connectivity index (χ2v) is 8.97. The number of carbonyl (C=O) groups excluding carboxylic acids is 3. The van der Waals surface area contributed by atoms with Gasteiger partial charge in [-0.15, -0.1) is 0 Å². The Kier molecular flexibility index (Phi) is 6.50. The number of anilines is 1. The Morgan fingerprint density at radius 2 is 1.66 bits per heavy atom. The topological polar surface area (TPSA) is 151 Å². The zero-order valence-corrected chi connectivity index (χ0v) is 16.7. The van der Waals surface area contributed by atoms with E-state index in [-0.39, 0.29) is 35.2 Å². The molecule has 0 bridgehead atoms. The van der Waals surface area contributed by atoms with E-state index in [0.717, 1.165) is 12.8 Å². The minimum Gasteiger partial charge on any atom is -0.335 e. The summed E-state index contributed by atoms with van der Waals surface area (Å²) in [6.45, 7) is 1.25. The Bertz CT molecular complexity index is 874. The Morgan fingerprint density at radius 1 is 1.03 bits per heavy atom. The molecule has 5 N–H and O–H groups in total. The molecule has 10 nitrogen and oxygen atoms in total. The van der Waals surface area contributed by atoms with E-state index in [0.29, 0.717) is 31.6 Å². The molecular weight excluding hydrogens is 398 g/mol. The van der Waals surface area contributed by atoms with Gasteiger partial charge < -0.3 is 10.6 Å². The predicted molar refractivity (Wildman–Crippen MR) is 105 cm³/mol. The molecule has 2 fully saturated rings. The zero-order valence-electron chi connectivity index (χ0n) is 15.9. The normalized spacial score (nSPS) is 18.1. The van der Waals surface area contributed by atoms with Crippen LogP contribution in [-0.2, 0) is 19.6 Å². The van der Waals surface area contributed by atoms with Gasteiger partial charge in [-0.25, -0.2) is 18.4 Å². The minimum absolute atomic E-state index is 0.0205. The number of likely N-dealkylation sites (tertiary alicyclic amines) is 1. The van der Waals surface area contributed by atoms with Crippen molar-refractivity contribution in [3.8, 4) is 0 Å². The molecule has 0 unspecified atom stereocenters. The zero-order chi connectivity index (χ0) is 21.0. The van der Waals surface area contributed by atoms with Crippen LogP contribution in [0.2, 0.25) is 0 Å². The van der Waals surface area contributed by atoms with Gasteiger partial charge in [-0.1, -0.05) is 0 Å². The number of benzene rings is 1. The van der Waals surface area contributed by atoms with Crippen LogP contribution in [0.4, 0.5) is 10.5 Å². The fraction of sp³-hybridized carbons (Fsp3) is 0.500. The van der Waals surface area contributed by atoms with E-state index in [9.17, 15) is 22.8 Å². The first kappa shape index (κ1) is 21.2. The maximum absolute atomic E-state index is 12.4. The Hall–Kier alpha value is -2.50. The van der Waals surface area contributed by atoms with Gasteiger partial charge in [0.1, 0.15) is 0 Å². The number of sulfonamides is 1. The first-order valence-corrected chi connectivity index (χ1v) is 11.0. The van der Waals surface area contributed by atoms with Crippen molar-refractivity contribution in [3.63, 3.8) is 0 Å². The summed E-state index contributed by atoms with van der Waals surface area (Å²) in [5, 5.41) is 12.8. The first-order valence-electron chi connectivity index (χ1n) is 9.47. The molecule has 1 aromatic carbocycles. The van der Waals surface area contributed by atoms with Gasteiger partial charge in [-0.2, -0.15) is 0 Å². The van der Waals surface area contributed by atoms with Crippen LogP contribution >= 0.6 is 0 Å². The number of nitrogens with zero attached hydrogens (tertiary/aromatic N) is 1. The van der Waals surface area contributed by atoms with Crippen LogP contribution in [0.5, 0.6) is 0 Å². The number of imide groups is 1. The van der Waals surface area contributed by atoms with Crippen LogP contribution in [0, 0.1) is 5.92 Å². The maximum Gasteiger partial charge on any atom is 0.321 e. The number of carbonyl (C=O) groups is 3. The van der Waals surface area contributed by atoms with Crippen LogP contribution in [0.25, 0.3) is 0 Å². The molecule has 0 radical (unpaired) electrons. The molecule has 1 aliphatic heterocycles. The standard InChI is InChI=1S/C18H25N5O5S/c19-29(27,28)15-5-3-13(4-6-15)20-17(25)12-7-9-23(10-8-12)11-16(24)22-18(26)21-14-1-2-14/h3-6,12,14H,1-2,7-11H2,(H,20,25)(H2,19,27,28)(H2,21,22,24,26). The molecule has 1 saturated heterocycles. The molecule has 29 heavy (non-hydrogen) atoms. The number of nitrogens with two attached hydrogens (primary N) is 1. The summed E-state index contributed by atoms with van der Waals surface area (Å²) in [6, 6.07) is 5.39. The smallest absolute Gasteiger partial charge is 0.321 e. The molecule has 0 spiro atoms. The highest BCUT2D eigenvalue weighted by Gasteiger charge is 2.27. The SMILES string of the molecule is NS(=O)(=O)c1ccc(NC(=O)C2CCN(CC(=O)NC(=O)NC3CC3)CC2)cc1. The van der Waals surface area contributed by atoms with E-state index < -0.39 is 16.1 Å². The summed E-state index contributed by atoms with van der Waals surface area (Å²) in [4.78, 5) is 37.8. The molecule has 158 valence electrons. The highest BCUT2D eigenvalue weighted by atomic mass is 32.2. The van der Waals surface area contributed by atoms with Crippen molar-refractivity contribution in [2.45, 2.75) is 36.6 Å². The van der Waals surface area contributed by atoms with Crippen LogP contribution in [0.3, 0.4) is 0 Å². The molecule has 1 aromatic rings. The first-order chi connectivity index (χ1) is 13.7. The lowest BCUT2D eigenvalue weighted by atomic mass is 9.96. The van der Waals surface area contributed by atoms with Crippen molar-refractivity contribution in [2.24, 2.45) is 11.1 Å². The summed E-state index contributed by atoms with van der Waals surface area (Å²) in [5.41, 5.74) is 0.492. The summed E-state index contributed by atoms with van der Waals surface area (Å²) >= 11 is 0. The number of hydrogen-bond donors (Lipinski definition) is 4. The fourth-order valence-electron chi connectivity index (χ4n) is 3.14. The lowest BCUT2D eigenvalue weighted by molar-refractivity contribution is -0.122. The molecule has 4 amide bonds. The van der Waals surface area contributed by atoms with Crippen molar-refractivity contribution in [1.29, 1.82) is 0 Å². The largest absolute Gasteiger partial charge is 0.335 e. The molecule has 1 aliphatic carbocycles. The van der Waals surface area contributed by atoms with Gasteiger partial charge in [0, 0.05) is 17.6 Å². The summed E-state index contributed by atoms with van der Waals surface area (Å²) < 4.78 is 22.5. The lowest BCUT2D eigenvalue weighted by Crippen LogP contribution is -2.47. The lowest BCUT2D eigenvalue weighted by Gasteiger charge is -2.30. The Balaban J connectivity index is 1.40. The molecule has 11 heteroatoms. The molecule has 1 heterocycles. The van der Waals surface area contributed by atoms with Gasteiger partial charge in [0.05, 0.1) is 11.4 Å². The highest BCUT2D eigenvalue weighted by Crippen LogP contribution is 2.20. The number of rotatable bonds is 6. The average molecular weight is 423 g/mol. The minimum atomic E-state index is -3.77. The summed E-state index contributed by atoms with van der Waals surface area (Å²) in [7, 11) is -3.77. The van der Waals surface area contributed by atoms with E-state index in [1.54, 1.807) is 0 Å². The molecule has 0 atom stereocenters. The molecule has 0 aromatic heterocycles. The monoisotopic (exact) mass is 423 g/mol.